The molecule has 100 valence electrons. The van der Waals surface area contributed by atoms with E-state index in [1.165, 1.54) is 6.07 Å². The number of rotatable bonds is 3. The molecule has 0 unspecified atom stereocenters. The van der Waals surface area contributed by atoms with Crippen LogP contribution >= 0.6 is 0 Å². The number of benzene rings is 2. The zero-order chi connectivity index (χ0) is 14.1. The molecule has 0 radical (unpaired) electrons. The predicted molar refractivity (Wildman–Crippen MR) is 76.5 cm³/mol. The quantitative estimate of drug-likeness (QED) is 0.763. The molecule has 4 nitrogen and oxygen atoms in total. The Kier molecular flexibility index (Phi) is 3.00. The summed E-state index contributed by atoms with van der Waals surface area (Å²) in [6.07, 6.45) is 0. The van der Waals surface area contributed by atoms with Gasteiger partial charge in [0.2, 0.25) is 0 Å². The maximum Gasteiger partial charge on any atom is 0.335 e. The van der Waals surface area contributed by atoms with Crippen molar-refractivity contribution in [3.63, 3.8) is 0 Å². The largest absolute Gasteiger partial charge is 0.478 e. The molecule has 0 aliphatic heterocycles. The Morgan fingerprint density at radius 2 is 1.85 bits per heavy atom. The fraction of sp³-hybridized carbons (Fsp3) is 0.0625. The molecule has 0 aliphatic rings. The molecule has 2 aromatic carbocycles. The van der Waals surface area contributed by atoms with Crippen LogP contribution in [0.15, 0.2) is 52.9 Å². The number of hydrogen-bond donors (Lipinski definition) is 2. The third-order valence-electron chi connectivity index (χ3n) is 3.24. The Morgan fingerprint density at radius 3 is 2.50 bits per heavy atom. The SMILES string of the molecule is NCc1ccc(-c2cc3ccc(C(=O)O)cc3o2)cc1. The third-order valence-corrected chi connectivity index (χ3v) is 3.24. The van der Waals surface area contributed by atoms with Gasteiger partial charge in [-0.1, -0.05) is 30.3 Å². The first-order valence-corrected chi connectivity index (χ1v) is 6.23. The van der Waals surface area contributed by atoms with Crippen LogP contribution in [0.5, 0.6) is 0 Å². The molecule has 1 aromatic heterocycles. The van der Waals surface area contributed by atoms with Gasteiger partial charge in [0.15, 0.2) is 0 Å². The van der Waals surface area contributed by atoms with Crippen molar-refractivity contribution in [3.05, 3.63) is 59.7 Å². The van der Waals surface area contributed by atoms with E-state index in [4.69, 9.17) is 15.3 Å². The van der Waals surface area contributed by atoms with Crippen LogP contribution in [-0.2, 0) is 6.54 Å². The number of carbonyl (C=O) groups is 1. The maximum atomic E-state index is 10.9. The summed E-state index contributed by atoms with van der Waals surface area (Å²) in [5.74, 6) is -0.247. The molecule has 3 aromatic rings. The summed E-state index contributed by atoms with van der Waals surface area (Å²) in [6.45, 7) is 0.502. The topological polar surface area (TPSA) is 76.5 Å². The molecule has 0 atom stereocenters. The monoisotopic (exact) mass is 267 g/mol. The van der Waals surface area contributed by atoms with Gasteiger partial charge in [0, 0.05) is 17.5 Å². The van der Waals surface area contributed by atoms with Crippen molar-refractivity contribution in [1.29, 1.82) is 0 Å². The molecular formula is C16H13NO3. The van der Waals surface area contributed by atoms with E-state index in [-0.39, 0.29) is 5.56 Å². The molecule has 3 rings (SSSR count). The minimum atomic E-state index is -0.961. The zero-order valence-corrected chi connectivity index (χ0v) is 10.7. The van der Waals surface area contributed by atoms with Gasteiger partial charge in [-0.15, -0.1) is 0 Å². The standard InChI is InChI=1S/C16H13NO3/c17-9-10-1-3-11(4-2-10)14-7-12-5-6-13(16(18)19)8-15(12)20-14/h1-8H,9,17H2,(H,18,19). The Balaban J connectivity index is 2.05. The molecule has 0 saturated carbocycles. The van der Waals surface area contributed by atoms with E-state index < -0.39 is 5.97 Å². The smallest absolute Gasteiger partial charge is 0.335 e. The van der Waals surface area contributed by atoms with Crippen LogP contribution in [0.1, 0.15) is 15.9 Å². The summed E-state index contributed by atoms with van der Waals surface area (Å²) >= 11 is 0. The van der Waals surface area contributed by atoms with Crippen LogP contribution in [0.3, 0.4) is 0 Å². The summed E-state index contributed by atoms with van der Waals surface area (Å²) in [6, 6.07) is 14.5. The van der Waals surface area contributed by atoms with Crippen LogP contribution in [0.2, 0.25) is 0 Å². The van der Waals surface area contributed by atoms with Crippen LogP contribution in [0.4, 0.5) is 0 Å². The summed E-state index contributed by atoms with van der Waals surface area (Å²) < 4.78 is 5.72. The second kappa shape index (κ2) is 4.83. The van der Waals surface area contributed by atoms with Crippen molar-refractivity contribution in [1.82, 2.24) is 0 Å². The van der Waals surface area contributed by atoms with Crippen molar-refractivity contribution in [2.24, 2.45) is 5.73 Å². The van der Waals surface area contributed by atoms with E-state index >= 15 is 0 Å². The fourth-order valence-corrected chi connectivity index (χ4v) is 2.11. The van der Waals surface area contributed by atoms with Crippen molar-refractivity contribution in [3.8, 4) is 11.3 Å². The van der Waals surface area contributed by atoms with Gasteiger partial charge >= 0.3 is 5.97 Å². The first kappa shape index (κ1) is 12.4. The summed E-state index contributed by atoms with van der Waals surface area (Å²) in [5, 5.41) is 9.85. The highest BCUT2D eigenvalue weighted by Gasteiger charge is 2.09. The average Bonchev–Trinajstić information content (AvgIpc) is 2.90. The van der Waals surface area contributed by atoms with Gasteiger partial charge in [-0.2, -0.15) is 0 Å². The molecule has 0 amide bonds. The summed E-state index contributed by atoms with van der Waals surface area (Å²) in [4.78, 5) is 10.9. The lowest BCUT2D eigenvalue weighted by Crippen LogP contribution is -1.94. The third kappa shape index (κ3) is 2.17. The molecule has 4 heteroatoms. The van der Waals surface area contributed by atoms with Gasteiger partial charge in [0.1, 0.15) is 11.3 Å². The molecule has 0 aliphatic carbocycles. The molecule has 0 saturated heterocycles. The number of nitrogens with two attached hydrogens (primary N) is 1. The van der Waals surface area contributed by atoms with Gasteiger partial charge in [-0.25, -0.2) is 4.79 Å². The van der Waals surface area contributed by atoms with Gasteiger partial charge in [-0.3, -0.25) is 0 Å². The van der Waals surface area contributed by atoms with Gasteiger partial charge in [-0.05, 0) is 23.8 Å². The lowest BCUT2D eigenvalue weighted by molar-refractivity contribution is 0.0697. The number of fused-ring (bicyclic) bond motifs is 1. The Labute approximate surface area is 115 Å². The summed E-state index contributed by atoms with van der Waals surface area (Å²) in [5.41, 5.74) is 8.35. The van der Waals surface area contributed by atoms with Crippen LogP contribution in [0.25, 0.3) is 22.3 Å². The molecular weight excluding hydrogens is 254 g/mol. The fourth-order valence-electron chi connectivity index (χ4n) is 2.11. The Hall–Kier alpha value is -2.59. The van der Waals surface area contributed by atoms with E-state index in [2.05, 4.69) is 0 Å². The van der Waals surface area contributed by atoms with E-state index in [9.17, 15) is 4.79 Å². The van der Waals surface area contributed by atoms with Crippen molar-refractivity contribution in [2.45, 2.75) is 6.54 Å². The maximum absolute atomic E-state index is 10.9. The van der Waals surface area contributed by atoms with E-state index in [0.29, 0.717) is 17.9 Å². The average molecular weight is 267 g/mol. The molecule has 3 N–H and O–H groups in total. The second-order valence-electron chi connectivity index (χ2n) is 4.57. The van der Waals surface area contributed by atoms with E-state index in [1.54, 1.807) is 12.1 Å². The highest BCUT2D eigenvalue weighted by atomic mass is 16.4. The van der Waals surface area contributed by atoms with Gasteiger partial charge < -0.3 is 15.3 Å². The number of hydrogen-bond acceptors (Lipinski definition) is 3. The molecule has 0 spiro atoms. The Morgan fingerprint density at radius 1 is 1.10 bits per heavy atom. The lowest BCUT2D eigenvalue weighted by Gasteiger charge is -1.98. The Bertz CT molecular complexity index is 772. The second-order valence-corrected chi connectivity index (χ2v) is 4.57. The van der Waals surface area contributed by atoms with Crippen molar-refractivity contribution >= 4 is 16.9 Å². The van der Waals surface area contributed by atoms with Crippen LogP contribution < -0.4 is 5.73 Å². The lowest BCUT2D eigenvalue weighted by atomic mass is 10.1. The molecule has 0 bridgehead atoms. The van der Waals surface area contributed by atoms with E-state index in [1.807, 2.05) is 30.3 Å². The van der Waals surface area contributed by atoms with Crippen LogP contribution in [-0.4, -0.2) is 11.1 Å². The van der Waals surface area contributed by atoms with Crippen molar-refractivity contribution < 1.29 is 14.3 Å². The minimum absolute atomic E-state index is 0.219. The highest BCUT2D eigenvalue weighted by molar-refractivity contribution is 5.93. The molecule has 0 fully saturated rings. The van der Waals surface area contributed by atoms with Gasteiger partial charge in [0.25, 0.3) is 0 Å². The summed E-state index contributed by atoms with van der Waals surface area (Å²) in [7, 11) is 0. The first-order valence-electron chi connectivity index (χ1n) is 6.23. The zero-order valence-electron chi connectivity index (χ0n) is 10.7. The normalized spacial score (nSPS) is 10.8. The number of aromatic carboxylic acids is 1. The number of furan rings is 1. The number of carboxylic acid groups (broad SMARTS) is 1. The first-order chi connectivity index (χ1) is 9.67. The number of carboxylic acids is 1. The van der Waals surface area contributed by atoms with Crippen LogP contribution in [0, 0.1) is 0 Å². The van der Waals surface area contributed by atoms with E-state index in [0.717, 1.165) is 16.5 Å². The molecule has 1 heterocycles. The predicted octanol–water partition coefficient (Wildman–Crippen LogP) is 3.26. The molecule has 20 heavy (non-hydrogen) atoms. The minimum Gasteiger partial charge on any atom is -0.478 e. The van der Waals surface area contributed by atoms with Crippen molar-refractivity contribution in [2.75, 3.05) is 0 Å². The highest BCUT2D eigenvalue weighted by Crippen LogP contribution is 2.28. The van der Waals surface area contributed by atoms with Gasteiger partial charge in [0.05, 0.1) is 5.56 Å².